The van der Waals surface area contributed by atoms with Crippen molar-refractivity contribution >= 4 is 49.5 Å². The van der Waals surface area contributed by atoms with Gasteiger partial charge in [-0.1, -0.05) is 11.3 Å². The highest BCUT2D eigenvalue weighted by atomic mass is 32.2. The number of aromatic nitrogens is 2. The zero-order chi connectivity index (χ0) is 24.6. The number of nitrogens with zero attached hydrogens (tertiary/aromatic N) is 5. The first-order chi connectivity index (χ1) is 15.2. The average Bonchev–Trinajstić information content (AvgIpc) is 3.14. The van der Waals surface area contributed by atoms with Gasteiger partial charge in [-0.15, -0.1) is 20.4 Å². The van der Waals surface area contributed by atoms with Gasteiger partial charge >= 0.3 is 21.5 Å². The number of alkyl halides is 3. The number of benzene rings is 1. The predicted octanol–water partition coefficient (Wildman–Crippen LogP) is 4.55. The Morgan fingerprint density at radius 1 is 1.21 bits per heavy atom. The van der Waals surface area contributed by atoms with E-state index in [0.717, 1.165) is 23.3 Å². The molecule has 1 aliphatic heterocycles. The van der Waals surface area contributed by atoms with Gasteiger partial charge < -0.3 is 9.64 Å². The van der Waals surface area contributed by atoms with Crippen molar-refractivity contribution in [3.05, 3.63) is 22.7 Å². The fourth-order valence-corrected chi connectivity index (χ4v) is 4.04. The smallest absolute Gasteiger partial charge is 0.455 e. The van der Waals surface area contributed by atoms with Crippen LogP contribution in [0, 0.1) is 0 Å². The lowest BCUT2D eigenvalue weighted by Gasteiger charge is -2.28. The number of rotatable bonds is 5. The molecular formula is C18H21F3N6O4S2. The highest BCUT2D eigenvalue weighted by Crippen LogP contribution is 2.39. The quantitative estimate of drug-likeness (QED) is 0.466. The maximum atomic E-state index is 12.9. The fraction of sp³-hybridized carbons (Fsp3) is 0.500. The van der Waals surface area contributed by atoms with Crippen LogP contribution >= 0.6 is 11.3 Å². The van der Waals surface area contributed by atoms with Gasteiger partial charge in [-0.25, -0.2) is 4.79 Å². The van der Waals surface area contributed by atoms with Crippen LogP contribution in [0.2, 0.25) is 0 Å². The summed E-state index contributed by atoms with van der Waals surface area (Å²) in [5.41, 5.74) is -5.41. The molecule has 0 atom stereocenters. The predicted molar refractivity (Wildman–Crippen MR) is 116 cm³/mol. The number of fused-ring (bicyclic) bond motifs is 1. The van der Waals surface area contributed by atoms with E-state index >= 15 is 0 Å². The van der Waals surface area contributed by atoms with Gasteiger partial charge in [0.1, 0.15) is 11.3 Å². The minimum absolute atomic E-state index is 0.0599. The molecule has 0 saturated carbocycles. The van der Waals surface area contributed by atoms with Gasteiger partial charge in [0.05, 0.1) is 5.69 Å². The van der Waals surface area contributed by atoms with Crippen molar-refractivity contribution in [2.45, 2.75) is 44.7 Å². The Bertz CT molecular complexity index is 1190. The number of sulfonamides is 1. The minimum Gasteiger partial charge on any atom is -0.455 e. The van der Waals surface area contributed by atoms with E-state index in [9.17, 15) is 26.4 Å². The minimum atomic E-state index is -5.68. The number of hydrogen-bond donors (Lipinski definition) is 1. The first-order valence-electron chi connectivity index (χ1n) is 9.62. The van der Waals surface area contributed by atoms with Crippen LogP contribution in [-0.2, 0) is 21.2 Å². The lowest BCUT2D eigenvalue weighted by molar-refractivity contribution is -0.0429. The standard InChI is InChI=1S/C18H21F3N6O4S2/c1-17(2,3)31-15(28)14-23-25-16(32-14)24-22-11-8-10-6-5-7-27(4)13(10)9-12(11)26-33(29,30)18(19,20)21/h8-9,26H,5-7H2,1-4H3. The molecule has 1 aromatic carbocycles. The highest BCUT2D eigenvalue weighted by Gasteiger charge is 2.46. The lowest BCUT2D eigenvalue weighted by Crippen LogP contribution is -2.30. The fourth-order valence-electron chi connectivity index (χ4n) is 2.93. The average molecular weight is 507 g/mol. The topological polar surface area (TPSA) is 126 Å². The second kappa shape index (κ2) is 8.85. The number of anilines is 2. The Balaban J connectivity index is 1.95. The molecule has 1 aliphatic rings. The van der Waals surface area contributed by atoms with Crippen molar-refractivity contribution in [3.63, 3.8) is 0 Å². The zero-order valence-electron chi connectivity index (χ0n) is 18.1. The van der Waals surface area contributed by atoms with Crippen LogP contribution in [0.5, 0.6) is 0 Å². The maximum absolute atomic E-state index is 12.9. The van der Waals surface area contributed by atoms with E-state index in [0.29, 0.717) is 18.7 Å². The third kappa shape index (κ3) is 5.96. The van der Waals surface area contributed by atoms with E-state index in [1.54, 1.807) is 32.5 Å². The summed E-state index contributed by atoms with van der Waals surface area (Å²) >= 11 is 0.769. The Morgan fingerprint density at radius 3 is 2.55 bits per heavy atom. The molecule has 0 radical (unpaired) electrons. The lowest BCUT2D eigenvalue weighted by atomic mass is 10.0. The Hall–Kier alpha value is -2.81. The Kier molecular flexibility index (Phi) is 6.66. The van der Waals surface area contributed by atoms with E-state index in [2.05, 4.69) is 20.4 Å². The van der Waals surface area contributed by atoms with Crippen LogP contribution < -0.4 is 9.62 Å². The summed E-state index contributed by atoms with van der Waals surface area (Å²) in [6.07, 6.45) is 1.44. The van der Waals surface area contributed by atoms with Crippen molar-refractivity contribution in [2.75, 3.05) is 23.2 Å². The zero-order valence-corrected chi connectivity index (χ0v) is 19.7. The van der Waals surface area contributed by atoms with Crippen molar-refractivity contribution in [3.8, 4) is 0 Å². The van der Waals surface area contributed by atoms with E-state index < -0.39 is 27.1 Å². The number of hydrogen-bond acceptors (Lipinski definition) is 10. The number of ether oxygens (including phenoxy) is 1. The summed E-state index contributed by atoms with van der Waals surface area (Å²) in [5, 5.41) is 15.0. The molecule has 1 aromatic heterocycles. The summed E-state index contributed by atoms with van der Waals surface area (Å²) in [7, 11) is -3.93. The maximum Gasteiger partial charge on any atom is 0.516 e. The summed E-state index contributed by atoms with van der Waals surface area (Å²) in [6, 6.07) is 2.76. The number of aryl methyl sites for hydroxylation is 1. The molecule has 0 spiro atoms. The van der Waals surface area contributed by atoms with Crippen LogP contribution in [0.4, 0.5) is 35.4 Å². The van der Waals surface area contributed by atoms with E-state index in [4.69, 9.17) is 4.74 Å². The van der Waals surface area contributed by atoms with Crippen LogP contribution in [0.15, 0.2) is 22.4 Å². The Labute approximate surface area is 191 Å². The first-order valence-corrected chi connectivity index (χ1v) is 11.9. The molecule has 0 amide bonds. The monoisotopic (exact) mass is 506 g/mol. The normalized spacial score (nSPS) is 14.9. The second-order valence-electron chi connectivity index (χ2n) is 8.17. The summed E-state index contributed by atoms with van der Waals surface area (Å²) < 4.78 is 68.9. The molecule has 0 unspecified atom stereocenters. The van der Waals surface area contributed by atoms with Crippen molar-refractivity contribution in [2.24, 2.45) is 10.2 Å². The largest absolute Gasteiger partial charge is 0.516 e. The molecule has 1 N–H and O–H groups in total. The molecule has 33 heavy (non-hydrogen) atoms. The van der Waals surface area contributed by atoms with Gasteiger partial charge in [0.25, 0.3) is 5.13 Å². The van der Waals surface area contributed by atoms with Gasteiger partial charge in [-0.2, -0.15) is 21.6 Å². The van der Waals surface area contributed by atoms with Crippen molar-refractivity contribution < 1.29 is 31.1 Å². The number of carbonyl (C=O) groups is 1. The Morgan fingerprint density at radius 2 is 1.91 bits per heavy atom. The van der Waals surface area contributed by atoms with E-state index in [-0.39, 0.29) is 21.5 Å². The molecular weight excluding hydrogens is 485 g/mol. The number of nitrogens with one attached hydrogen (secondary N) is 1. The highest BCUT2D eigenvalue weighted by molar-refractivity contribution is 7.93. The molecule has 0 aliphatic carbocycles. The molecule has 180 valence electrons. The summed E-state index contributed by atoms with van der Waals surface area (Å²) in [4.78, 5) is 13.9. The van der Waals surface area contributed by atoms with Gasteiger partial charge in [0.15, 0.2) is 0 Å². The third-order valence-corrected chi connectivity index (χ3v) is 6.21. The summed E-state index contributed by atoms with van der Waals surface area (Å²) in [6.45, 7) is 5.72. The van der Waals surface area contributed by atoms with Gasteiger partial charge in [-0.05, 0) is 51.3 Å². The third-order valence-electron chi connectivity index (χ3n) is 4.33. The van der Waals surface area contributed by atoms with Gasteiger partial charge in [-0.3, -0.25) is 4.72 Å². The number of halogens is 3. The molecule has 2 aromatic rings. The van der Waals surface area contributed by atoms with E-state index in [1.165, 1.54) is 12.1 Å². The van der Waals surface area contributed by atoms with Gasteiger partial charge in [0.2, 0.25) is 5.01 Å². The van der Waals surface area contributed by atoms with E-state index in [1.807, 2.05) is 4.90 Å². The molecule has 2 heterocycles. The number of carbonyl (C=O) groups excluding carboxylic acids is 1. The van der Waals surface area contributed by atoms with Crippen molar-refractivity contribution in [1.82, 2.24) is 10.2 Å². The van der Waals surface area contributed by atoms with Crippen LogP contribution in [-0.4, -0.2) is 49.3 Å². The molecule has 15 heteroatoms. The number of azo groups is 1. The summed E-state index contributed by atoms with van der Waals surface area (Å²) in [5.74, 6) is -0.711. The molecule has 0 bridgehead atoms. The molecule has 3 rings (SSSR count). The SMILES string of the molecule is CN1CCCc2cc(N=Nc3nnc(C(=O)OC(C)(C)C)s3)c(NS(=O)(=O)C(F)(F)F)cc21. The first kappa shape index (κ1) is 24.8. The van der Waals surface area contributed by atoms with Crippen LogP contribution in [0.3, 0.4) is 0 Å². The van der Waals surface area contributed by atoms with Gasteiger partial charge in [0, 0.05) is 19.3 Å². The molecule has 0 fully saturated rings. The second-order valence-corrected chi connectivity index (χ2v) is 10.8. The number of esters is 1. The van der Waals surface area contributed by atoms with Crippen LogP contribution in [0.25, 0.3) is 0 Å². The molecule has 0 saturated heterocycles. The van der Waals surface area contributed by atoms with Crippen molar-refractivity contribution in [1.29, 1.82) is 0 Å². The molecule has 10 nitrogen and oxygen atoms in total. The van der Waals surface area contributed by atoms with Crippen LogP contribution in [0.1, 0.15) is 42.6 Å².